The lowest BCUT2D eigenvalue weighted by molar-refractivity contribution is 0.188. The van der Waals surface area contributed by atoms with Gasteiger partial charge < -0.3 is 4.74 Å². The Morgan fingerprint density at radius 3 is 2.64 bits per heavy atom. The third-order valence-electron chi connectivity index (χ3n) is 1.68. The van der Waals surface area contributed by atoms with E-state index in [0.717, 1.165) is 0 Å². The lowest BCUT2D eigenvalue weighted by Crippen LogP contribution is -2.35. The van der Waals surface area contributed by atoms with Crippen LogP contribution in [-0.2, 0) is 14.8 Å². The highest BCUT2D eigenvalue weighted by atomic mass is 35.5. The molecule has 86 valence electrons. The van der Waals surface area contributed by atoms with Crippen LogP contribution < -0.4 is 4.72 Å². The van der Waals surface area contributed by atoms with Gasteiger partial charge in [0.05, 0.1) is 5.75 Å². The van der Waals surface area contributed by atoms with E-state index >= 15 is 0 Å². The Balaban J connectivity index is 3.83. The van der Waals surface area contributed by atoms with Gasteiger partial charge in [0.25, 0.3) is 0 Å². The molecule has 1 N–H and O–H groups in total. The molecule has 0 rings (SSSR count). The van der Waals surface area contributed by atoms with Gasteiger partial charge in [-0.05, 0) is 19.8 Å². The van der Waals surface area contributed by atoms with Gasteiger partial charge in [-0.1, -0.05) is 0 Å². The van der Waals surface area contributed by atoms with E-state index in [1.807, 2.05) is 6.92 Å². The molecule has 0 aliphatic carbocycles. The van der Waals surface area contributed by atoms with Crippen LogP contribution in [-0.4, -0.2) is 39.8 Å². The Morgan fingerprint density at radius 2 is 2.14 bits per heavy atom. The van der Waals surface area contributed by atoms with E-state index in [2.05, 4.69) is 4.72 Å². The first-order valence-corrected chi connectivity index (χ1v) is 6.75. The van der Waals surface area contributed by atoms with Crippen molar-refractivity contribution >= 4 is 21.6 Å². The van der Waals surface area contributed by atoms with Crippen LogP contribution in [0.2, 0.25) is 0 Å². The summed E-state index contributed by atoms with van der Waals surface area (Å²) < 4.78 is 30.1. The fraction of sp³-hybridized carbons (Fsp3) is 1.00. The van der Waals surface area contributed by atoms with Crippen molar-refractivity contribution in [3.63, 3.8) is 0 Å². The highest BCUT2D eigenvalue weighted by molar-refractivity contribution is 7.89. The molecule has 0 aromatic rings. The number of alkyl halides is 1. The van der Waals surface area contributed by atoms with Crippen molar-refractivity contribution in [1.82, 2.24) is 4.72 Å². The number of hydrogen-bond acceptors (Lipinski definition) is 3. The minimum absolute atomic E-state index is 0.0877. The molecule has 14 heavy (non-hydrogen) atoms. The number of hydrogen-bond donors (Lipinski definition) is 1. The van der Waals surface area contributed by atoms with Crippen LogP contribution in [0, 0.1) is 0 Å². The normalized spacial score (nSPS) is 14.2. The number of ether oxygens (including phenoxy) is 1. The SMILES string of the molecule is COCCC(C)NS(=O)(=O)CCCCl. The van der Waals surface area contributed by atoms with E-state index in [-0.39, 0.29) is 11.8 Å². The van der Waals surface area contributed by atoms with Crippen molar-refractivity contribution in [2.24, 2.45) is 0 Å². The molecule has 0 bridgehead atoms. The largest absolute Gasteiger partial charge is 0.385 e. The third-order valence-corrected chi connectivity index (χ3v) is 3.54. The van der Waals surface area contributed by atoms with Crippen LogP contribution in [0.25, 0.3) is 0 Å². The van der Waals surface area contributed by atoms with Gasteiger partial charge in [-0.3, -0.25) is 0 Å². The molecule has 1 unspecified atom stereocenters. The molecule has 0 amide bonds. The Labute approximate surface area is 91.0 Å². The molecule has 0 saturated carbocycles. The fourth-order valence-corrected chi connectivity index (χ4v) is 2.63. The fourth-order valence-electron chi connectivity index (χ4n) is 0.964. The number of methoxy groups -OCH3 is 1. The van der Waals surface area contributed by atoms with E-state index in [0.29, 0.717) is 25.3 Å². The number of nitrogens with one attached hydrogen (secondary N) is 1. The zero-order valence-corrected chi connectivity index (χ0v) is 10.2. The molecule has 0 aliphatic heterocycles. The number of rotatable bonds is 8. The molecule has 0 aromatic carbocycles. The average molecular weight is 244 g/mol. The molecule has 0 radical (unpaired) electrons. The summed E-state index contributed by atoms with van der Waals surface area (Å²) in [5.74, 6) is 0.460. The first kappa shape index (κ1) is 14.2. The van der Waals surface area contributed by atoms with Gasteiger partial charge in [-0.25, -0.2) is 13.1 Å². The second-order valence-electron chi connectivity index (χ2n) is 3.16. The topological polar surface area (TPSA) is 55.4 Å². The maximum atomic E-state index is 11.4. The van der Waals surface area contributed by atoms with E-state index < -0.39 is 10.0 Å². The van der Waals surface area contributed by atoms with Gasteiger partial charge in [0, 0.05) is 25.6 Å². The quantitative estimate of drug-likeness (QED) is 0.646. The maximum Gasteiger partial charge on any atom is 0.211 e. The molecule has 0 saturated heterocycles. The summed E-state index contributed by atoms with van der Waals surface area (Å²) >= 11 is 5.42. The molecule has 0 heterocycles. The van der Waals surface area contributed by atoms with Crippen molar-refractivity contribution in [3.8, 4) is 0 Å². The Hall–Kier alpha value is 0.160. The van der Waals surface area contributed by atoms with E-state index in [1.165, 1.54) is 0 Å². The zero-order valence-electron chi connectivity index (χ0n) is 8.62. The summed E-state index contributed by atoms with van der Waals surface area (Å²) in [6.45, 7) is 2.37. The first-order chi connectivity index (χ1) is 6.52. The summed E-state index contributed by atoms with van der Waals surface area (Å²) in [5.41, 5.74) is 0. The molecule has 4 nitrogen and oxygen atoms in total. The van der Waals surface area contributed by atoms with Crippen molar-refractivity contribution in [3.05, 3.63) is 0 Å². The average Bonchev–Trinajstić information content (AvgIpc) is 2.11. The monoisotopic (exact) mass is 243 g/mol. The van der Waals surface area contributed by atoms with Crippen LogP contribution in [0.1, 0.15) is 19.8 Å². The molecule has 1 atom stereocenters. The minimum Gasteiger partial charge on any atom is -0.385 e. The summed E-state index contributed by atoms with van der Waals surface area (Å²) in [5, 5.41) is 0. The summed E-state index contributed by atoms with van der Waals surface area (Å²) in [7, 11) is -1.57. The molecule has 0 spiro atoms. The van der Waals surface area contributed by atoms with Crippen LogP contribution >= 0.6 is 11.6 Å². The smallest absolute Gasteiger partial charge is 0.211 e. The van der Waals surface area contributed by atoms with Gasteiger partial charge in [0.2, 0.25) is 10.0 Å². The molecule has 6 heteroatoms. The van der Waals surface area contributed by atoms with Crippen molar-refractivity contribution in [1.29, 1.82) is 0 Å². The second kappa shape index (κ2) is 7.45. The lowest BCUT2D eigenvalue weighted by Gasteiger charge is -2.13. The molecule has 0 aromatic heterocycles. The molecule has 0 fully saturated rings. The predicted octanol–water partition coefficient (Wildman–Crippen LogP) is 0.960. The Bertz CT molecular complexity index is 231. The molecule has 0 aliphatic rings. The van der Waals surface area contributed by atoms with Gasteiger partial charge >= 0.3 is 0 Å². The summed E-state index contributed by atoms with van der Waals surface area (Å²) in [6, 6.07) is -0.0877. The maximum absolute atomic E-state index is 11.4. The van der Waals surface area contributed by atoms with E-state index in [9.17, 15) is 8.42 Å². The van der Waals surface area contributed by atoms with E-state index in [1.54, 1.807) is 7.11 Å². The first-order valence-electron chi connectivity index (χ1n) is 4.56. The van der Waals surface area contributed by atoms with Crippen molar-refractivity contribution < 1.29 is 13.2 Å². The van der Waals surface area contributed by atoms with Gasteiger partial charge in [0.15, 0.2) is 0 Å². The van der Waals surface area contributed by atoms with Crippen LogP contribution in [0.15, 0.2) is 0 Å². The van der Waals surface area contributed by atoms with Crippen LogP contribution in [0.5, 0.6) is 0 Å². The summed E-state index contributed by atoms with van der Waals surface area (Å²) in [6.07, 6.45) is 1.16. The highest BCUT2D eigenvalue weighted by Gasteiger charge is 2.13. The second-order valence-corrected chi connectivity index (χ2v) is 5.41. The van der Waals surface area contributed by atoms with Crippen molar-refractivity contribution in [2.75, 3.05) is 25.3 Å². The molecular formula is C8H18ClNO3S. The predicted molar refractivity (Wildman–Crippen MR) is 58.2 cm³/mol. The van der Waals surface area contributed by atoms with Crippen molar-refractivity contribution in [2.45, 2.75) is 25.8 Å². The Kier molecular flexibility index (Phi) is 7.54. The van der Waals surface area contributed by atoms with Gasteiger partial charge in [-0.15, -0.1) is 11.6 Å². The molecular weight excluding hydrogens is 226 g/mol. The van der Waals surface area contributed by atoms with Crippen LogP contribution in [0.4, 0.5) is 0 Å². The minimum atomic E-state index is -3.16. The third kappa shape index (κ3) is 7.55. The summed E-state index contributed by atoms with van der Waals surface area (Å²) in [4.78, 5) is 0. The lowest BCUT2D eigenvalue weighted by atomic mass is 10.3. The van der Waals surface area contributed by atoms with E-state index in [4.69, 9.17) is 16.3 Å². The number of halogens is 1. The highest BCUT2D eigenvalue weighted by Crippen LogP contribution is 1.97. The standard InChI is InChI=1S/C8H18ClNO3S/c1-8(4-6-13-2)10-14(11,12)7-3-5-9/h8,10H,3-7H2,1-2H3. The number of sulfonamides is 1. The van der Waals surface area contributed by atoms with Gasteiger partial charge in [0.1, 0.15) is 0 Å². The Morgan fingerprint density at radius 1 is 1.50 bits per heavy atom. The van der Waals surface area contributed by atoms with Crippen LogP contribution in [0.3, 0.4) is 0 Å². The van der Waals surface area contributed by atoms with Gasteiger partial charge in [-0.2, -0.15) is 0 Å². The zero-order chi connectivity index (χ0) is 11.0.